The fourth-order valence-electron chi connectivity index (χ4n) is 3.89. The Kier molecular flexibility index (Phi) is 6.19. The van der Waals surface area contributed by atoms with Gasteiger partial charge >= 0.3 is 12.7 Å². The predicted molar refractivity (Wildman–Crippen MR) is 114 cm³/mol. The zero-order valence-corrected chi connectivity index (χ0v) is 17.2. The standard InChI is InChI=1S/C21H21F5N6O/c22-19(23)32-16(9-11-3-1-2-4-14(11)18(32)33)30-20-28-10-15(21(24,25)26)17(31-20)29-13-7-5-12(27)6-8-13/h1-4,9-10,12-13,19H,5-8,27H2,(H2,28,29,30,31). The maximum absolute atomic E-state index is 13.7. The SMILES string of the molecule is NC1CCC(Nc2nc(Nc3cc4ccccc4c(=O)n3C(F)F)ncc2C(F)(F)F)CC1. The van der Waals surface area contributed by atoms with Crippen LogP contribution in [0, 0.1) is 0 Å². The minimum atomic E-state index is -4.72. The number of nitrogens with one attached hydrogen (secondary N) is 2. The highest BCUT2D eigenvalue weighted by Crippen LogP contribution is 2.35. The first-order chi connectivity index (χ1) is 15.6. The molecular formula is C21H21F5N6O. The van der Waals surface area contributed by atoms with E-state index in [1.54, 1.807) is 18.2 Å². The van der Waals surface area contributed by atoms with Gasteiger partial charge in [-0.3, -0.25) is 4.79 Å². The lowest BCUT2D eigenvalue weighted by molar-refractivity contribution is -0.137. The van der Waals surface area contributed by atoms with E-state index in [9.17, 15) is 26.7 Å². The molecule has 4 N–H and O–H groups in total. The van der Waals surface area contributed by atoms with E-state index in [4.69, 9.17) is 5.73 Å². The Balaban J connectivity index is 1.72. The molecule has 1 saturated carbocycles. The molecule has 0 radical (unpaired) electrons. The molecule has 2 aromatic heterocycles. The lowest BCUT2D eigenvalue weighted by atomic mass is 9.92. The molecule has 0 amide bonds. The Bertz CT molecular complexity index is 1200. The molecule has 3 aromatic rings. The second kappa shape index (κ2) is 8.93. The number of anilines is 3. The number of fused-ring (bicyclic) bond motifs is 1. The fraction of sp³-hybridized carbons (Fsp3) is 0.381. The van der Waals surface area contributed by atoms with Crippen LogP contribution in [0.4, 0.5) is 39.5 Å². The van der Waals surface area contributed by atoms with Crippen LogP contribution >= 0.6 is 0 Å². The summed E-state index contributed by atoms with van der Waals surface area (Å²) in [6.45, 7) is -3.19. The van der Waals surface area contributed by atoms with Crippen LogP contribution in [0.1, 0.15) is 37.8 Å². The van der Waals surface area contributed by atoms with Gasteiger partial charge < -0.3 is 16.4 Å². The number of nitrogens with two attached hydrogens (primary N) is 1. The first kappa shape index (κ1) is 22.9. The van der Waals surface area contributed by atoms with Crippen molar-refractivity contribution in [2.24, 2.45) is 5.73 Å². The second-order valence-electron chi connectivity index (χ2n) is 7.90. The predicted octanol–water partition coefficient (Wildman–Crippen LogP) is 4.63. The minimum absolute atomic E-state index is 0.00625. The van der Waals surface area contributed by atoms with Gasteiger partial charge in [0.05, 0.1) is 0 Å². The fourth-order valence-corrected chi connectivity index (χ4v) is 3.89. The van der Waals surface area contributed by atoms with E-state index in [2.05, 4.69) is 20.6 Å². The van der Waals surface area contributed by atoms with Crippen molar-refractivity contribution in [3.05, 3.63) is 52.4 Å². The van der Waals surface area contributed by atoms with E-state index >= 15 is 0 Å². The van der Waals surface area contributed by atoms with Gasteiger partial charge in [0.15, 0.2) is 0 Å². The normalized spacial score (nSPS) is 19.1. The van der Waals surface area contributed by atoms with Crippen molar-refractivity contribution in [2.75, 3.05) is 10.6 Å². The molecular weight excluding hydrogens is 447 g/mol. The first-order valence-corrected chi connectivity index (χ1v) is 10.3. The molecule has 0 unspecified atom stereocenters. The summed E-state index contributed by atoms with van der Waals surface area (Å²) in [5.41, 5.74) is 3.83. The molecule has 7 nitrogen and oxygen atoms in total. The number of halogens is 5. The van der Waals surface area contributed by atoms with E-state index in [0.717, 1.165) is 0 Å². The van der Waals surface area contributed by atoms with Crippen LogP contribution in [0.25, 0.3) is 10.8 Å². The summed E-state index contributed by atoms with van der Waals surface area (Å²) in [5.74, 6) is -1.17. The number of benzene rings is 1. The van der Waals surface area contributed by atoms with Crippen molar-refractivity contribution < 1.29 is 22.0 Å². The van der Waals surface area contributed by atoms with Gasteiger partial charge in [0.25, 0.3) is 5.56 Å². The number of aromatic nitrogens is 3. The van der Waals surface area contributed by atoms with Gasteiger partial charge in [-0.05, 0) is 43.2 Å². The monoisotopic (exact) mass is 468 g/mol. The molecule has 176 valence electrons. The summed E-state index contributed by atoms with van der Waals surface area (Å²) in [5, 5.41) is 5.74. The van der Waals surface area contributed by atoms with E-state index < -0.39 is 29.7 Å². The second-order valence-corrected chi connectivity index (χ2v) is 7.90. The van der Waals surface area contributed by atoms with Crippen molar-refractivity contribution >= 4 is 28.4 Å². The highest BCUT2D eigenvalue weighted by Gasteiger charge is 2.36. The molecule has 0 saturated heterocycles. The van der Waals surface area contributed by atoms with Gasteiger partial charge in [0, 0.05) is 23.7 Å². The number of nitrogens with zero attached hydrogens (tertiary/aromatic N) is 3. The third-order valence-corrected chi connectivity index (χ3v) is 5.60. The van der Waals surface area contributed by atoms with Gasteiger partial charge in [0.2, 0.25) is 5.95 Å². The third-order valence-electron chi connectivity index (χ3n) is 5.60. The molecule has 4 rings (SSSR count). The molecule has 1 aromatic carbocycles. The average molecular weight is 468 g/mol. The van der Waals surface area contributed by atoms with Gasteiger partial charge in [-0.2, -0.15) is 26.9 Å². The van der Waals surface area contributed by atoms with Crippen molar-refractivity contribution in [1.82, 2.24) is 14.5 Å². The minimum Gasteiger partial charge on any atom is -0.367 e. The Morgan fingerprint density at radius 2 is 1.82 bits per heavy atom. The summed E-state index contributed by atoms with van der Waals surface area (Å²) >= 11 is 0. The molecule has 2 heterocycles. The summed E-state index contributed by atoms with van der Waals surface area (Å²) in [7, 11) is 0. The van der Waals surface area contributed by atoms with Crippen LogP contribution in [0.3, 0.4) is 0 Å². The smallest absolute Gasteiger partial charge is 0.367 e. The van der Waals surface area contributed by atoms with E-state index in [-0.39, 0.29) is 33.8 Å². The van der Waals surface area contributed by atoms with Gasteiger partial charge in [-0.15, -0.1) is 0 Å². The number of hydrogen-bond acceptors (Lipinski definition) is 6. The summed E-state index contributed by atoms with van der Waals surface area (Å²) in [4.78, 5) is 20.1. The molecule has 0 aliphatic heterocycles. The van der Waals surface area contributed by atoms with Crippen molar-refractivity contribution in [3.63, 3.8) is 0 Å². The van der Waals surface area contributed by atoms with E-state index in [1.807, 2.05) is 0 Å². The van der Waals surface area contributed by atoms with Gasteiger partial charge in [-0.25, -0.2) is 9.55 Å². The molecule has 12 heteroatoms. The average Bonchev–Trinajstić information content (AvgIpc) is 2.74. The summed E-state index contributed by atoms with van der Waals surface area (Å²) in [6.07, 6.45) is -1.68. The molecule has 0 atom stereocenters. The largest absolute Gasteiger partial charge is 0.421 e. The summed E-state index contributed by atoms with van der Waals surface area (Å²) < 4.78 is 68.1. The third kappa shape index (κ3) is 4.90. The zero-order valence-electron chi connectivity index (χ0n) is 17.2. The van der Waals surface area contributed by atoms with Gasteiger partial charge in [-0.1, -0.05) is 18.2 Å². The van der Waals surface area contributed by atoms with Crippen LogP contribution < -0.4 is 21.9 Å². The van der Waals surface area contributed by atoms with Crippen LogP contribution in [0.5, 0.6) is 0 Å². The van der Waals surface area contributed by atoms with Crippen molar-refractivity contribution in [2.45, 2.75) is 50.5 Å². The first-order valence-electron chi connectivity index (χ1n) is 10.3. The van der Waals surface area contributed by atoms with E-state index in [0.29, 0.717) is 37.3 Å². The Hall–Kier alpha value is -3.28. The van der Waals surface area contributed by atoms with Crippen molar-refractivity contribution in [1.29, 1.82) is 0 Å². The number of alkyl halides is 5. The molecule has 1 aliphatic rings. The van der Waals surface area contributed by atoms with E-state index in [1.165, 1.54) is 12.1 Å². The highest BCUT2D eigenvalue weighted by atomic mass is 19.4. The Morgan fingerprint density at radius 1 is 1.12 bits per heavy atom. The molecule has 33 heavy (non-hydrogen) atoms. The molecule has 0 bridgehead atoms. The van der Waals surface area contributed by atoms with Gasteiger partial charge in [0.1, 0.15) is 17.2 Å². The maximum atomic E-state index is 13.7. The maximum Gasteiger partial charge on any atom is 0.421 e. The van der Waals surface area contributed by atoms with Crippen LogP contribution in [-0.2, 0) is 6.18 Å². The van der Waals surface area contributed by atoms with Crippen LogP contribution in [-0.4, -0.2) is 26.6 Å². The molecule has 0 spiro atoms. The number of hydrogen-bond donors (Lipinski definition) is 3. The summed E-state index contributed by atoms with van der Waals surface area (Å²) in [6, 6.07) is 7.17. The van der Waals surface area contributed by atoms with Crippen molar-refractivity contribution in [3.8, 4) is 0 Å². The highest BCUT2D eigenvalue weighted by molar-refractivity contribution is 5.84. The zero-order chi connectivity index (χ0) is 23.8. The Morgan fingerprint density at radius 3 is 2.48 bits per heavy atom. The number of rotatable bonds is 5. The molecule has 1 fully saturated rings. The topological polar surface area (TPSA) is 97.9 Å². The molecule has 1 aliphatic carbocycles. The quantitative estimate of drug-likeness (QED) is 0.473. The lowest BCUT2D eigenvalue weighted by Gasteiger charge is -2.28. The van der Waals surface area contributed by atoms with Crippen LogP contribution in [0.2, 0.25) is 0 Å². The number of pyridine rings is 1. The lowest BCUT2D eigenvalue weighted by Crippen LogP contribution is -2.33. The Labute approximate surface area is 184 Å². The van der Waals surface area contributed by atoms with Crippen LogP contribution in [0.15, 0.2) is 41.3 Å².